The van der Waals surface area contributed by atoms with Crippen molar-refractivity contribution in [3.8, 4) is 0 Å². The third-order valence-electron chi connectivity index (χ3n) is 6.60. The predicted molar refractivity (Wildman–Crippen MR) is 122 cm³/mol. The van der Waals surface area contributed by atoms with Crippen LogP contribution in [0.15, 0.2) is 0 Å². The molecule has 0 aliphatic heterocycles. The van der Waals surface area contributed by atoms with E-state index in [0.717, 1.165) is 6.42 Å². The Labute approximate surface area is 183 Å². The fourth-order valence-corrected chi connectivity index (χ4v) is 4.75. The maximum Gasteiger partial charge on any atom is 0.0556 e. The highest BCUT2D eigenvalue weighted by Crippen LogP contribution is 2.25. The molecule has 0 bridgehead atoms. The third kappa shape index (κ3) is 10.8. The van der Waals surface area contributed by atoms with E-state index in [9.17, 15) is 0 Å². The van der Waals surface area contributed by atoms with Gasteiger partial charge in [0.2, 0.25) is 0 Å². The normalized spacial score (nSPS) is 31.8. The molecule has 0 aromatic carbocycles. The van der Waals surface area contributed by atoms with Gasteiger partial charge in [0.15, 0.2) is 0 Å². The Bertz CT molecular complexity index is 379. The van der Waals surface area contributed by atoms with Crippen molar-refractivity contribution in [1.82, 2.24) is 21.3 Å². The first-order chi connectivity index (χ1) is 14.6. The minimum atomic E-state index is 0.206. The minimum absolute atomic E-state index is 0.206. The Kier molecular flexibility index (Phi) is 15.9. The van der Waals surface area contributed by atoms with Crippen LogP contribution >= 0.6 is 0 Å². The summed E-state index contributed by atoms with van der Waals surface area (Å²) < 4.78 is 0. The molecule has 2 fully saturated rings. The average molecular weight is 433 g/mol. The predicted octanol–water partition coefficient (Wildman–Crippen LogP) is -0.585. The molecule has 2 saturated carbocycles. The molecule has 0 amide bonds. The van der Waals surface area contributed by atoms with Crippen LogP contribution in [-0.2, 0) is 0 Å². The summed E-state index contributed by atoms with van der Waals surface area (Å²) >= 11 is 0. The van der Waals surface area contributed by atoms with Crippen LogP contribution < -0.4 is 21.3 Å². The molecule has 0 aromatic rings. The Morgan fingerprint density at radius 2 is 1.07 bits per heavy atom. The molecule has 2 aliphatic rings. The van der Waals surface area contributed by atoms with Crippen molar-refractivity contribution in [3.05, 3.63) is 0 Å². The van der Waals surface area contributed by atoms with E-state index in [0.29, 0.717) is 62.2 Å². The monoisotopic (exact) mass is 432 g/mol. The van der Waals surface area contributed by atoms with E-state index in [4.69, 9.17) is 20.4 Å². The zero-order valence-electron chi connectivity index (χ0n) is 19.2. The van der Waals surface area contributed by atoms with Crippen molar-refractivity contribution in [2.75, 3.05) is 52.6 Å². The number of rotatable bonds is 12. The van der Waals surface area contributed by atoms with Crippen molar-refractivity contribution in [3.63, 3.8) is 0 Å². The van der Waals surface area contributed by atoms with Gasteiger partial charge in [-0.2, -0.15) is 0 Å². The van der Waals surface area contributed by atoms with Crippen molar-refractivity contribution in [2.45, 2.75) is 76.5 Å². The van der Waals surface area contributed by atoms with Crippen LogP contribution in [-0.4, -0.2) is 97.2 Å². The lowest BCUT2D eigenvalue weighted by Crippen LogP contribution is -2.50. The molecule has 0 aromatic heterocycles. The van der Waals surface area contributed by atoms with E-state index in [2.05, 4.69) is 35.1 Å². The molecule has 5 atom stereocenters. The summed E-state index contributed by atoms with van der Waals surface area (Å²) in [7, 11) is 0. The summed E-state index contributed by atoms with van der Waals surface area (Å²) in [5.41, 5.74) is 0. The van der Waals surface area contributed by atoms with Gasteiger partial charge in [-0.05, 0) is 43.9 Å². The number of nitrogens with one attached hydrogen (secondary N) is 4. The second-order valence-corrected chi connectivity index (χ2v) is 8.81. The summed E-state index contributed by atoms with van der Waals surface area (Å²) in [5, 5.41) is 48.6. The van der Waals surface area contributed by atoms with Gasteiger partial charge in [-0.1, -0.05) is 20.3 Å². The topological polar surface area (TPSA) is 129 Å². The molecular weight excluding hydrogens is 384 g/mol. The Hall–Kier alpha value is -0.320. The van der Waals surface area contributed by atoms with Gasteiger partial charge in [-0.25, -0.2) is 0 Å². The third-order valence-corrected chi connectivity index (χ3v) is 6.60. The zero-order valence-corrected chi connectivity index (χ0v) is 19.2. The largest absolute Gasteiger partial charge is 0.395 e. The van der Waals surface area contributed by atoms with Crippen LogP contribution in [0.2, 0.25) is 0 Å². The molecule has 8 heteroatoms. The lowest BCUT2D eigenvalue weighted by atomic mass is 9.81. The van der Waals surface area contributed by atoms with Gasteiger partial charge in [0.1, 0.15) is 0 Å². The number of hydrogen-bond acceptors (Lipinski definition) is 8. The Morgan fingerprint density at radius 3 is 1.57 bits per heavy atom. The first-order valence-corrected chi connectivity index (χ1v) is 11.9. The lowest BCUT2D eigenvalue weighted by Gasteiger charge is -2.37. The Balaban J connectivity index is 0.000000300. The van der Waals surface area contributed by atoms with Crippen molar-refractivity contribution >= 4 is 0 Å². The first-order valence-electron chi connectivity index (χ1n) is 11.9. The van der Waals surface area contributed by atoms with Gasteiger partial charge in [0, 0.05) is 50.3 Å². The van der Waals surface area contributed by atoms with E-state index in [1.807, 2.05) is 0 Å². The van der Waals surface area contributed by atoms with Crippen molar-refractivity contribution < 1.29 is 20.4 Å². The minimum Gasteiger partial charge on any atom is -0.395 e. The summed E-state index contributed by atoms with van der Waals surface area (Å²) in [5.74, 6) is 1.25. The van der Waals surface area contributed by atoms with Crippen LogP contribution in [0.3, 0.4) is 0 Å². The molecule has 0 saturated heterocycles. The van der Waals surface area contributed by atoms with Gasteiger partial charge in [0.05, 0.1) is 26.4 Å². The zero-order chi connectivity index (χ0) is 22.2. The molecule has 8 N–H and O–H groups in total. The number of aliphatic hydroxyl groups is 4. The second kappa shape index (κ2) is 17.3. The van der Waals surface area contributed by atoms with Gasteiger partial charge in [-0.15, -0.1) is 0 Å². The van der Waals surface area contributed by atoms with E-state index >= 15 is 0 Å². The number of hydrogen-bond donors (Lipinski definition) is 8. The van der Waals surface area contributed by atoms with Crippen molar-refractivity contribution in [1.29, 1.82) is 0 Å². The second-order valence-electron chi connectivity index (χ2n) is 8.81. The standard InChI is InChI=1S/2C11H24N2O2/c1-9-2-3-10(12-4-6-14)8-11(9)13-5-7-15;1-9-10(12-5-7-14)3-2-4-11(9)13-6-8-15/h2*9-15H,2-8H2,1H3. The fourth-order valence-electron chi connectivity index (χ4n) is 4.75. The van der Waals surface area contributed by atoms with E-state index in [1.165, 1.54) is 32.1 Å². The summed E-state index contributed by atoms with van der Waals surface area (Å²) in [6.07, 6.45) is 7.11. The highest BCUT2D eigenvalue weighted by molar-refractivity contribution is 4.88. The molecule has 0 radical (unpaired) electrons. The van der Waals surface area contributed by atoms with E-state index < -0.39 is 0 Å². The quantitative estimate of drug-likeness (QED) is 0.206. The van der Waals surface area contributed by atoms with Gasteiger partial charge in [-0.3, -0.25) is 0 Å². The lowest BCUT2D eigenvalue weighted by molar-refractivity contribution is 0.191. The molecule has 180 valence electrons. The van der Waals surface area contributed by atoms with Crippen LogP contribution in [0.5, 0.6) is 0 Å². The van der Waals surface area contributed by atoms with Crippen LogP contribution in [0.4, 0.5) is 0 Å². The highest BCUT2D eigenvalue weighted by atomic mass is 16.3. The smallest absolute Gasteiger partial charge is 0.0556 e. The van der Waals surface area contributed by atoms with Crippen LogP contribution in [0.1, 0.15) is 52.4 Å². The van der Waals surface area contributed by atoms with E-state index in [-0.39, 0.29) is 26.4 Å². The van der Waals surface area contributed by atoms with Gasteiger partial charge < -0.3 is 41.7 Å². The molecule has 0 heterocycles. The van der Waals surface area contributed by atoms with Gasteiger partial charge in [0.25, 0.3) is 0 Å². The maximum absolute atomic E-state index is 8.78. The fraction of sp³-hybridized carbons (Fsp3) is 1.00. The molecule has 30 heavy (non-hydrogen) atoms. The van der Waals surface area contributed by atoms with Crippen LogP contribution in [0.25, 0.3) is 0 Å². The first kappa shape index (κ1) is 27.7. The highest BCUT2D eigenvalue weighted by Gasteiger charge is 2.29. The van der Waals surface area contributed by atoms with Gasteiger partial charge >= 0.3 is 0 Å². The number of aliphatic hydroxyl groups excluding tert-OH is 4. The molecular formula is C22H48N4O4. The van der Waals surface area contributed by atoms with E-state index in [1.54, 1.807) is 0 Å². The van der Waals surface area contributed by atoms with Crippen molar-refractivity contribution in [2.24, 2.45) is 11.8 Å². The molecule has 0 spiro atoms. The molecule has 5 unspecified atom stereocenters. The summed E-state index contributed by atoms with van der Waals surface area (Å²) in [4.78, 5) is 0. The maximum atomic E-state index is 8.78. The Morgan fingerprint density at radius 1 is 0.600 bits per heavy atom. The average Bonchev–Trinajstić information content (AvgIpc) is 2.76. The molecule has 8 nitrogen and oxygen atoms in total. The SMILES string of the molecule is CC1C(NCCO)CCCC1NCCO.CC1CCC(NCCO)CC1NCCO. The van der Waals surface area contributed by atoms with Crippen LogP contribution in [0, 0.1) is 11.8 Å². The summed E-state index contributed by atoms with van der Waals surface area (Å²) in [6, 6.07) is 2.02. The summed E-state index contributed by atoms with van der Waals surface area (Å²) in [6.45, 7) is 8.06. The molecule has 2 rings (SSSR count). The molecule has 2 aliphatic carbocycles.